The molecule has 0 aliphatic rings. The quantitative estimate of drug-likeness (QED) is 0.301. The molecule has 0 bridgehead atoms. The SMILES string of the molecule is CCOc1cc(/C=C(\C#N)C(=O)Nc2ccc(C)cc2C)cc(I)c1OC(C)C. The number of halogens is 1. The molecule has 2 aromatic carbocycles. The summed E-state index contributed by atoms with van der Waals surface area (Å²) in [6.45, 7) is 10.2. The zero-order valence-corrected chi connectivity index (χ0v) is 19.5. The predicted molar refractivity (Wildman–Crippen MR) is 124 cm³/mol. The molecule has 0 radical (unpaired) electrons. The average molecular weight is 504 g/mol. The summed E-state index contributed by atoms with van der Waals surface area (Å²) in [5.74, 6) is 0.805. The molecule has 1 amide bonds. The van der Waals surface area contributed by atoms with Gasteiger partial charge in [-0.05, 0) is 92.6 Å². The molecule has 2 aromatic rings. The van der Waals surface area contributed by atoms with Gasteiger partial charge in [-0.3, -0.25) is 4.79 Å². The maximum atomic E-state index is 12.6. The van der Waals surface area contributed by atoms with Gasteiger partial charge >= 0.3 is 0 Å². The van der Waals surface area contributed by atoms with Gasteiger partial charge in [0.05, 0.1) is 16.3 Å². The molecular formula is C23H25IN2O3. The summed E-state index contributed by atoms with van der Waals surface area (Å²) in [6, 6.07) is 11.4. The van der Waals surface area contributed by atoms with Gasteiger partial charge in [0.25, 0.3) is 5.91 Å². The number of nitrogens with one attached hydrogen (secondary N) is 1. The number of carbonyl (C=O) groups excluding carboxylic acids is 1. The molecule has 2 rings (SSSR count). The fourth-order valence-corrected chi connectivity index (χ4v) is 3.50. The number of ether oxygens (including phenoxy) is 2. The lowest BCUT2D eigenvalue weighted by molar-refractivity contribution is -0.112. The minimum atomic E-state index is -0.449. The molecule has 5 nitrogen and oxygen atoms in total. The van der Waals surface area contributed by atoms with E-state index in [1.807, 2.05) is 65.0 Å². The lowest BCUT2D eigenvalue weighted by atomic mass is 10.1. The summed E-state index contributed by atoms with van der Waals surface area (Å²) >= 11 is 2.17. The highest BCUT2D eigenvalue weighted by Gasteiger charge is 2.15. The number of anilines is 1. The molecule has 29 heavy (non-hydrogen) atoms. The van der Waals surface area contributed by atoms with Crippen LogP contribution in [0.25, 0.3) is 6.08 Å². The van der Waals surface area contributed by atoms with E-state index in [1.165, 1.54) is 0 Å². The van der Waals surface area contributed by atoms with Gasteiger partial charge in [0.1, 0.15) is 11.6 Å². The van der Waals surface area contributed by atoms with Crippen LogP contribution in [0, 0.1) is 28.7 Å². The van der Waals surface area contributed by atoms with Crippen molar-refractivity contribution in [3.8, 4) is 17.6 Å². The Bertz CT molecular complexity index is 975. The summed E-state index contributed by atoms with van der Waals surface area (Å²) in [5.41, 5.74) is 3.45. The van der Waals surface area contributed by atoms with Crippen molar-refractivity contribution in [3.63, 3.8) is 0 Å². The van der Waals surface area contributed by atoms with Gasteiger partial charge in [-0.1, -0.05) is 17.7 Å². The van der Waals surface area contributed by atoms with Crippen LogP contribution in [0.3, 0.4) is 0 Å². The highest BCUT2D eigenvalue weighted by molar-refractivity contribution is 14.1. The molecule has 0 saturated carbocycles. The molecular weight excluding hydrogens is 479 g/mol. The molecule has 0 saturated heterocycles. The molecule has 0 spiro atoms. The van der Waals surface area contributed by atoms with Crippen LogP contribution in [0.15, 0.2) is 35.9 Å². The summed E-state index contributed by atoms with van der Waals surface area (Å²) < 4.78 is 12.4. The minimum absolute atomic E-state index is 0.00214. The van der Waals surface area contributed by atoms with Crippen molar-refractivity contribution in [2.45, 2.75) is 40.7 Å². The number of aryl methyl sites for hydroxylation is 2. The van der Waals surface area contributed by atoms with Crippen LogP contribution in [-0.2, 0) is 4.79 Å². The first kappa shape index (κ1) is 22.8. The van der Waals surface area contributed by atoms with E-state index >= 15 is 0 Å². The highest BCUT2D eigenvalue weighted by Crippen LogP contribution is 2.35. The van der Waals surface area contributed by atoms with Gasteiger partial charge in [-0.15, -0.1) is 0 Å². The van der Waals surface area contributed by atoms with Crippen molar-refractivity contribution in [3.05, 3.63) is 56.2 Å². The van der Waals surface area contributed by atoms with Crippen molar-refractivity contribution in [2.24, 2.45) is 0 Å². The largest absolute Gasteiger partial charge is 0.490 e. The molecule has 0 aliphatic heterocycles. The van der Waals surface area contributed by atoms with Crippen LogP contribution in [0.1, 0.15) is 37.5 Å². The molecule has 0 heterocycles. The molecule has 0 fully saturated rings. The van der Waals surface area contributed by atoms with Gasteiger partial charge in [0, 0.05) is 5.69 Å². The Morgan fingerprint density at radius 1 is 1.28 bits per heavy atom. The highest BCUT2D eigenvalue weighted by atomic mass is 127. The number of carbonyl (C=O) groups is 1. The molecule has 0 aliphatic carbocycles. The van der Waals surface area contributed by atoms with E-state index < -0.39 is 5.91 Å². The molecule has 0 aromatic heterocycles. The Labute approximate surface area is 185 Å². The van der Waals surface area contributed by atoms with Crippen LogP contribution >= 0.6 is 22.6 Å². The first-order valence-electron chi connectivity index (χ1n) is 9.38. The second kappa shape index (κ2) is 10.3. The van der Waals surface area contributed by atoms with E-state index in [-0.39, 0.29) is 11.7 Å². The fraction of sp³-hybridized carbons (Fsp3) is 0.304. The zero-order chi connectivity index (χ0) is 21.6. The molecule has 1 N–H and O–H groups in total. The van der Waals surface area contributed by atoms with E-state index in [9.17, 15) is 10.1 Å². The maximum absolute atomic E-state index is 12.6. The van der Waals surface area contributed by atoms with Crippen LogP contribution < -0.4 is 14.8 Å². The van der Waals surface area contributed by atoms with Gasteiger partial charge in [-0.25, -0.2) is 0 Å². The number of hydrogen-bond donors (Lipinski definition) is 1. The summed E-state index contributed by atoms with van der Waals surface area (Å²) in [6.07, 6.45) is 1.56. The Balaban J connectivity index is 2.36. The Morgan fingerprint density at radius 2 is 2.00 bits per heavy atom. The first-order valence-corrected chi connectivity index (χ1v) is 10.5. The third-order valence-corrected chi connectivity index (χ3v) is 4.79. The monoisotopic (exact) mass is 504 g/mol. The van der Waals surface area contributed by atoms with Crippen molar-refractivity contribution in [2.75, 3.05) is 11.9 Å². The van der Waals surface area contributed by atoms with Crippen molar-refractivity contribution >= 4 is 40.3 Å². The number of nitrogens with zero attached hydrogens (tertiary/aromatic N) is 1. The number of hydrogen-bond acceptors (Lipinski definition) is 4. The van der Waals surface area contributed by atoms with Gasteiger partial charge in [0.2, 0.25) is 0 Å². The number of amides is 1. The van der Waals surface area contributed by atoms with Crippen molar-refractivity contribution in [1.82, 2.24) is 0 Å². The minimum Gasteiger partial charge on any atom is -0.490 e. The van der Waals surface area contributed by atoms with Gasteiger partial charge in [0.15, 0.2) is 11.5 Å². The van der Waals surface area contributed by atoms with Crippen LogP contribution in [0.2, 0.25) is 0 Å². The lowest BCUT2D eigenvalue weighted by Crippen LogP contribution is -2.14. The summed E-state index contributed by atoms with van der Waals surface area (Å²) in [5, 5.41) is 12.3. The summed E-state index contributed by atoms with van der Waals surface area (Å²) in [7, 11) is 0. The van der Waals surface area contributed by atoms with E-state index in [0.717, 1.165) is 14.7 Å². The topological polar surface area (TPSA) is 71.3 Å². The van der Waals surface area contributed by atoms with Crippen LogP contribution in [0.4, 0.5) is 5.69 Å². The lowest BCUT2D eigenvalue weighted by Gasteiger charge is -2.17. The Hall–Kier alpha value is -2.53. The average Bonchev–Trinajstić information content (AvgIpc) is 2.64. The molecule has 152 valence electrons. The Morgan fingerprint density at radius 3 is 2.59 bits per heavy atom. The first-order chi connectivity index (χ1) is 13.7. The molecule has 6 heteroatoms. The number of nitriles is 1. The fourth-order valence-electron chi connectivity index (χ4n) is 2.74. The van der Waals surface area contributed by atoms with Crippen molar-refractivity contribution < 1.29 is 14.3 Å². The summed E-state index contributed by atoms with van der Waals surface area (Å²) in [4.78, 5) is 12.6. The van der Waals surface area contributed by atoms with Crippen LogP contribution in [-0.4, -0.2) is 18.6 Å². The zero-order valence-electron chi connectivity index (χ0n) is 17.3. The third kappa shape index (κ3) is 6.23. The van der Waals surface area contributed by atoms with E-state index in [1.54, 1.807) is 12.1 Å². The molecule has 0 unspecified atom stereocenters. The van der Waals surface area contributed by atoms with Crippen LogP contribution in [0.5, 0.6) is 11.5 Å². The second-order valence-corrected chi connectivity index (χ2v) is 8.03. The second-order valence-electron chi connectivity index (χ2n) is 6.87. The smallest absolute Gasteiger partial charge is 0.266 e. The van der Waals surface area contributed by atoms with Crippen molar-refractivity contribution in [1.29, 1.82) is 5.26 Å². The standard InChI is InChI=1S/C23H25IN2O3/c1-6-28-21-12-17(11-19(24)22(21)29-14(2)3)10-18(13-25)23(27)26-20-8-7-15(4)9-16(20)5/h7-12,14H,6H2,1-5H3,(H,26,27)/b18-10+. The molecule has 0 atom stereocenters. The number of benzene rings is 2. The predicted octanol–water partition coefficient (Wildman–Crippen LogP) is 5.64. The normalized spacial score (nSPS) is 11.2. The van der Waals surface area contributed by atoms with E-state index in [4.69, 9.17) is 9.47 Å². The van der Waals surface area contributed by atoms with Gasteiger partial charge in [-0.2, -0.15) is 5.26 Å². The van der Waals surface area contributed by atoms with E-state index in [2.05, 4.69) is 27.9 Å². The Kier molecular flexibility index (Phi) is 8.09. The van der Waals surface area contributed by atoms with E-state index in [0.29, 0.717) is 29.4 Å². The maximum Gasteiger partial charge on any atom is 0.266 e. The number of rotatable bonds is 7. The van der Waals surface area contributed by atoms with Gasteiger partial charge < -0.3 is 14.8 Å². The third-order valence-electron chi connectivity index (χ3n) is 3.99.